The summed E-state index contributed by atoms with van der Waals surface area (Å²) in [5.41, 5.74) is 4.00. The molecular formula is C19H19NO4. The van der Waals surface area contributed by atoms with Crippen LogP contribution in [-0.4, -0.2) is 24.5 Å². The number of hydrogen-bond donors (Lipinski definition) is 1. The maximum atomic E-state index is 9.86. The SMILES string of the molecule is COc1cc(OC)cc(-c2noc(-c3ccc(C)cc3)c2CO)c1. The van der Waals surface area contributed by atoms with E-state index >= 15 is 0 Å². The number of aliphatic hydroxyl groups is 1. The zero-order chi connectivity index (χ0) is 17.1. The zero-order valence-electron chi connectivity index (χ0n) is 13.9. The molecule has 0 amide bonds. The molecule has 5 heteroatoms. The number of nitrogens with zero attached hydrogens (tertiary/aromatic N) is 1. The second-order valence-electron chi connectivity index (χ2n) is 5.46. The predicted molar refractivity (Wildman–Crippen MR) is 91.1 cm³/mol. The average molecular weight is 325 g/mol. The fourth-order valence-electron chi connectivity index (χ4n) is 2.56. The van der Waals surface area contributed by atoms with Gasteiger partial charge in [0.05, 0.1) is 26.4 Å². The van der Waals surface area contributed by atoms with E-state index in [1.54, 1.807) is 20.3 Å². The minimum atomic E-state index is -0.179. The van der Waals surface area contributed by atoms with Crippen LogP contribution in [0, 0.1) is 6.92 Å². The van der Waals surface area contributed by atoms with Gasteiger partial charge in [-0.3, -0.25) is 0 Å². The smallest absolute Gasteiger partial charge is 0.173 e. The van der Waals surface area contributed by atoms with Crippen LogP contribution < -0.4 is 9.47 Å². The summed E-state index contributed by atoms with van der Waals surface area (Å²) < 4.78 is 16.1. The Hall–Kier alpha value is -2.79. The second-order valence-corrected chi connectivity index (χ2v) is 5.46. The molecule has 1 aromatic heterocycles. The molecule has 0 radical (unpaired) electrons. The van der Waals surface area contributed by atoms with E-state index in [-0.39, 0.29) is 6.61 Å². The minimum Gasteiger partial charge on any atom is -0.497 e. The first kappa shape index (κ1) is 16.1. The number of ether oxygens (including phenoxy) is 2. The molecule has 5 nitrogen and oxygen atoms in total. The maximum absolute atomic E-state index is 9.86. The average Bonchev–Trinajstić information content (AvgIpc) is 3.05. The van der Waals surface area contributed by atoms with Crippen LogP contribution in [0.15, 0.2) is 47.0 Å². The van der Waals surface area contributed by atoms with Crippen LogP contribution in [0.5, 0.6) is 11.5 Å². The number of aliphatic hydroxyl groups excluding tert-OH is 1. The highest BCUT2D eigenvalue weighted by molar-refractivity contribution is 5.74. The van der Waals surface area contributed by atoms with Gasteiger partial charge in [-0.1, -0.05) is 35.0 Å². The van der Waals surface area contributed by atoms with Crippen LogP contribution in [0.1, 0.15) is 11.1 Å². The summed E-state index contributed by atoms with van der Waals surface area (Å²) in [6, 6.07) is 13.3. The molecule has 3 aromatic rings. The van der Waals surface area contributed by atoms with Crippen LogP contribution in [-0.2, 0) is 6.61 Å². The van der Waals surface area contributed by atoms with E-state index in [0.717, 1.165) is 16.7 Å². The number of aryl methyl sites for hydroxylation is 1. The molecule has 24 heavy (non-hydrogen) atoms. The summed E-state index contributed by atoms with van der Waals surface area (Å²) in [5, 5.41) is 14.0. The fraction of sp³-hybridized carbons (Fsp3) is 0.211. The molecule has 1 heterocycles. The van der Waals surface area contributed by atoms with Crippen LogP contribution in [0.4, 0.5) is 0 Å². The largest absolute Gasteiger partial charge is 0.497 e. The van der Waals surface area contributed by atoms with E-state index in [1.807, 2.05) is 43.3 Å². The van der Waals surface area contributed by atoms with Gasteiger partial charge >= 0.3 is 0 Å². The van der Waals surface area contributed by atoms with Gasteiger partial charge in [0, 0.05) is 17.2 Å². The number of aromatic nitrogens is 1. The van der Waals surface area contributed by atoms with E-state index in [4.69, 9.17) is 14.0 Å². The lowest BCUT2D eigenvalue weighted by atomic mass is 10.0. The van der Waals surface area contributed by atoms with Crippen LogP contribution >= 0.6 is 0 Å². The first-order chi connectivity index (χ1) is 11.7. The second kappa shape index (κ2) is 6.76. The number of benzene rings is 2. The summed E-state index contributed by atoms with van der Waals surface area (Å²) in [5.74, 6) is 1.86. The summed E-state index contributed by atoms with van der Waals surface area (Å²) in [6.45, 7) is 1.84. The van der Waals surface area contributed by atoms with E-state index in [1.165, 1.54) is 0 Å². The van der Waals surface area contributed by atoms with Crippen molar-refractivity contribution in [3.8, 4) is 34.1 Å². The molecular weight excluding hydrogens is 306 g/mol. The standard InChI is InChI=1S/C19H19NO4/c1-12-4-6-13(7-5-12)19-17(11-21)18(20-24-19)14-8-15(22-2)10-16(9-14)23-3/h4-10,21H,11H2,1-3H3. The monoisotopic (exact) mass is 325 g/mol. The van der Waals surface area contributed by atoms with Gasteiger partial charge in [0.1, 0.15) is 17.2 Å². The van der Waals surface area contributed by atoms with Gasteiger partial charge < -0.3 is 19.1 Å². The third-order valence-corrected chi connectivity index (χ3v) is 3.88. The molecule has 0 saturated carbocycles. The van der Waals surface area contributed by atoms with Crippen molar-refractivity contribution in [2.75, 3.05) is 14.2 Å². The molecule has 0 unspecified atom stereocenters. The molecule has 0 aliphatic carbocycles. The normalized spacial score (nSPS) is 10.7. The molecule has 2 aromatic carbocycles. The van der Waals surface area contributed by atoms with E-state index in [9.17, 15) is 5.11 Å². The predicted octanol–water partition coefficient (Wildman–Crippen LogP) is 3.83. The molecule has 0 aliphatic rings. The Morgan fingerprint density at radius 3 is 2.12 bits per heavy atom. The molecule has 124 valence electrons. The molecule has 0 saturated heterocycles. The van der Waals surface area contributed by atoms with Gasteiger partial charge in [0.15, 0.2) is 5.76 Å². The molecule has 0 bridgehead atoms. The van der Waals surface area contributed by atoms with Crippen molar-refractivity contribution in [3.05, 3.63) is 53.6 Å². The van der Waals surface area contributed by atoms with Gasteiger partial charge in [0.25, 0.3) is 0 Å². The molecule has 0 aliphatic heterocycles. The van der Waals surface area contributed by atoms with Crippen molar-refractivity contribution in [1.29, 1.82) is 0 Å². The Kier molecular flexibility index (Phi) is 4.53. The summed E-state index contributed by atoms with van der Waals surface area (Å²) >= 11 is 0. The Balaban J connectivity index is 2.11. The minimum absolute atomic E-state index is 0.179. The Labute approximate surface area is 140 Å². The highest BCUT2D eigenvalue weighted by atomic mass is 16.5. The first-order valence-corrected chi connectivity index (χ1v) is 7.56. The van der Waals surface area contributed by atoms with Crippen molar-refractivity contribution in [2.24, 2.45) is 0 Å². The summed E-state index contributed by atoms with van der Waals surface area (Å²) in [4.78, 5) is 0. The third-order valence-electron chi connectivity index (χ3n) is 3.88. The van der Waals surface area contributed by atoms with Gasteiger partial charge in [-0.2, -0.15) is 0 Å². The molecule has 0 spiro atoms. The van der Waals surface area contributed by atoms with Crippen LogP contribution in [0.2, 0.25) is 0 Å². The van der Waals surface area contributed by atoms with Crippen molar-refractivity contribution in [1.82, 2.24) is 5.16 Å². The highest BCUT2D eigenvalue weighted by Crippen LogP contribution is 2.35. The van der Waals surface area contributed by atoms with Crippen LogP contribution in [0.3, 0.4) is 0 Å². The molecule has 3 rings (SSSR count). The lowest BCUT2D eigenvalue weighted by Crippen LogP contribution is -1.92. The van der Waals surface area contributed by atoms with E-state index < -0.39 is 0 Å². The van der Waals surface area contributed by atoms with Crippen molar-refractivity contribution in [2.45, 2.75) is 13.5 Å². The van der Waals surface area contributed by atoms with Crippen molar-refractivity contribution in [3.63, 3.8) is 0 Å². The Morgan fingerprint density at radius 1 is 0.958 bits per heavy atom. The fourth-order valence-corrected chi connectivity index (χ4v) is 2.56. The number of hydrogen-bond acceptors (Lipinski definition) is 5. The topological polar surface area (TPSA) is 64.7 Å². The van der Waals surface area contributed by atoms with Gasteiger partial charge in [-0.25, -0.2) is 0 Å². The van der Waals surface area contributed by atoms with E-state index in [2.05, 4.69) is 5.16 Å². The van der Waals surface area contributed by atoms with Gasteiger partial charge in [-0.05, 0) is 19.1 Å². The maximum Gasteiger partial charge on any atom is 0.173 e. The quantitative estimate of drug-likeness (QED) is 0.772. The third kappa shape index (κ3) is 2.98. The lowest BCUT2D eigenvalue weighted by molar-refractivity contribution is 0.281. The van der Waals surface area contributed by atoms with E-state index in [0.29, 0.717) is 28.5 Å². The highest BCUT2D eigenvalue weighted by Gasteiger charge is 2.19. The molecule has 0 atom stereocenters. The summed E-state index contributed by atoms with van der Waals surface area (Å²) in [6.07, 6.45) is 0. The van der Waals surface area contributed by atoms with Crippen molar-refractivity contribution >= 4 is 0 Å². The Bertz CT molecular complexity index is 815. The number of rotatable bonds is 5. The van der Waals surface area contributed by atoms with Crippen LogP contribution in [0.25, 0.3) is 22.6 Å². The zero-order valence-corrected chi connectivity index (χ0v) is 13.9. The number of methoxy groups -OCH3 is 2. The Morgan fingerprint density at radius 2 is 1.58 bits per heavy atom. The first-order valence-electron chi connectivity index (χ1n) is 7.56. The molecule has 1 N–H and O–H groups in total. The lowest BCUT2D eigenvalue weighted by Gasteiger charge is -2.07. The van der Waals surface area contributed by atoms with Crippen molar-refractivity contribution < 1.29 is 19.1 Å². The van der Waals surface area contributed by atoms with Gasteiger partial charge in [0.2, 0.25) is 0 Å². The van der Waals surface area contributed by atoms with Gasteiger partial charge in [-0.15, -0.1) is 0 Å². The summed E-state index contributed by atoms with van der Waals surface area (Å²) in [7, 11) is 3.18. The molecule has 0 fully saturated rings.